The second-order valence-electron chi connectivity index (χ2n) is 7.47. The molecule has 0 aliphatic heterocycles. The SMILES string of the molecule is Cc1ccc([N+](=O)[O-])cc1-c1ccc(/C=N\NC(=O)c2cc3c(ccc4ccccc43)o2)o1. The van der Waals surface area contributed by atoms with Crippen LogP contribution in [0.5, 0.6) is 0 Å². The van der Waals surface area contributed by atoms with E-state index >= 15 is 0 Å². The number of carbonyl (C=O) groups is 1. The van der Waals surface area contributed by atoms with Crippen molar-refractivity contribution in [2.24, 2.45) is 5.10 Å². The molecule has 162 valence electrons. The summed E-state index contributed by atoms with van der Waals surface area (Å²) in [6, 6.07) is 21.3. The standard InChI is InChI=1S/C25H17N3O5/c1-15-6-8-17(28(30)31)12-20(15)22-11-9-18(32-22)14-26-27-25(29)24-13-21-19-5-3-2-4-16(19)7-10-23(21)33-24/h2-14H,1H3,(H,27,29)/b26-14-. The van der Waals surface area contributed by atoms with E-state index in [0.29, 0.717) is 22.7 Å². The van der Waals surface area contributed by atoms with Gasteiger partial charge in [0.1, 0.15) is 17.1 Å². The fraction of sp³-hybridized carbons (Fsp3) is 0.0400. The fourth-order valence-electron chi connectivity index (χ4n) is 3.67. The molecule has 0 spiro atoms. The molecule has 2 aromatic heterocycles. The van der Waals surface area contributed by atoms with Crippen molar-refractivity contribution in [3.63, 3.8) is 0 Å². The molecular formula is C25H17N3O5. The summed E-state index contributed by atoms with van der Waals surface area (Å²) in [7, 11) is 0. The third-order valence-corrected chi connectivity index (χ3v) is 5.33. The highest BCUT2D eigenvalue weighted by Crippen LogP contribution is 2.29. The van der Waals surface area contributed by atoms with Gasteiger partial charge in [0, 0.05) is 23.1 Å². The van der Waals surface area contributed by atoms with Gasteiger partial charge in [-0.25, -0.2) is 5.43 Å². The fourth-order valence-corrected chi connectivity index (χ4v) is 3.67. The summed E-state index contributed by atoms with van der Waals surface area (Å²) in [6.07, 6.45) is 1.35. The van der Waals surface area contributed by atoms with E-state index in [1.165, 1.54) is 18.3 Å². The van der Waals surface area contributed by atoms with Gasteiger partial charge in [0.05, 0.1) is 11.1 Å². The molecule has 1 N–H and O–H groups in total. The summed E-state index contributed by atoms with van der Waals surface area (Å²) >= 11 is 0. The molecule has 2 heterocycles. The predicted octanol–water partition coefficient (Wildman–Crippen LogP) is 5.83. The van der Waals surface area contributed by atoms with Gasteiger partial charge in [-0.15, -0.1) is 0 Å². The zero-order chi connectivity index (χ0) is 22.9. The van der Waals surface area contributed by atoms with E-state index in [1.807, 2.05) is 43.3 Å². The number of benzene rings is 3. The lowest BCUT2D eigenvalue weighted by atomic mass is 10.1. The van der Waals surface area contributed by atoms with E-state index in [2.05, 4.69) is 10.5 Å². The second kappa shape index (κ2) is 8.08. The molecule has 0 saturated heterocycles. The summed E-state index contributed by atoms with van der Waals surface area (Å²) in [5.74, 6) is 0.499. The first-order valence-corrected chi connectivity index (χ1v) is 10.1. The van der Waals surface area contributed by atoms with Crippen LogP contribution in [0.1, 0.15) is 21.9 Å². The number of nitro groups is 1. The molecule has 0 atom stereocenters. The molecule has 3 aromatic carbocycles. The number of fused-ring (bicyclic) bond motifs is 3. The smallest absolute Gasteiger partial charge is 0.307 e. The predicted molar refractivity (Wildman–Crippen MR) is 124 cm³/mol. The van der Waals surface area contributed by atoms with Crippen LogP contribution in [0.2, 0.25) is 0 Å². The maximum Gasteiger partial charge on any atom is 0.307 e. The van der Waals surface area contributed by atoms with E-state index in [4.69, 9.17) is 8.83 Å². The summed E-state index contributed by atoms with van der Waals surface area (Å²) in [4.78, 5) is 23.1. The molecule has 8 heteroatoms. The number of nitrogens with one attached hydrogen (secondary N) is 1. The van der Waals surface area contributed by atoms with Crippen molar-refractivity contribution in [2.75, 3.05) is 0 Å². The first-order valence-electron chi connectivity index (χ1n) is 10.1. The maximum absolute atomic E-state index is 12.5. The molecule has 1 amide bonds. The van der Waals surface area contributed by atoms with Gasteiger partial charge in [-0.3, -0.25) is 14.9 Å². The zero-order valence-electron chi connectivity index (χ0n) is 17.4. The van der Waals surface area contributed by atoms with E-state index in [-0.39, 0.29) is 11.4 Å². The highest BCUT2D eigenvalue weighted by molar-refractivity contribution is 6.08. The lowest BCUT2D eigenvalue weighted by Gasteiger charge is -2.02. The number of nitro benzene ring substituents is 1. The van der Waals surface area contributed by atoms with Crippen molar-refractivity contribution in [3.05, 3.63) is 100.0 Å². The largest absolute Gasteiger partial charge is 0.455 e. The minimum Gasteiger partial charge on any atom is -0.455 e. The lowest BCUT2D eigenvalue weighted by molar-refractivity contribution is -0.384. The number of nitrogens with zero attached hydrogens (tertiary/aromatic N) is 2. The third kappa shape index (κ3) is 3.85. The van der Waals surface area contributed by atoms with Gasteiger partial charge in [-0.05, 0) is 47.5 Å². The van der Waals surface area contributed by atoms with Crippen LogP contribution in [0.15, 0.2) is 86.7 Å². The quantitative estimate of drug-likeness (QED) is 0.210. The van der Waals surface area contributed by atoms with E-state index in [1.54, 1.807) is 24.3 Å². The highest BCUT2D eigenvalue weighted by atomic mass is 16.6. The van der Waals surface area contributed by atoms with Crippen molar-refractivity contribution >= 4 is 39.6 Å². The number of aryl methyl sites for hydroxylation is 1. The van der Waals surface area contributed by atoms with Crippen molar-refractivity contribution in [2.45, 2.75) is 6.92 Å². The van der Waals surface area contributed by atoms with Crippen molar-refractivity contribution < 1.29 is 18.6 Å². The van der Waals surface area contributed by atoms with Crippen LogP contribution in [-0.2, 0) is 0 Å². The minimum absolute atomic E-state index is 0.0203. The van der Waals surface area contributed by atoms with E-state index in [9.17, 15) is 14.9 Å². The number of carbonyl (C=O) groups excluding carboxylic acids is 1. The molecular weight excluding hydrogens is 422 g/mol. The molecule has 0 fully saturated rings. The molecule has 5 rings (SSSR count). The highest BCUT2D eigenvalue weighted by Gasteiger charge is 2.15. The molecule has 8 nitrogen and oxygen atoms in total. The minimum atomic E-state index is -0.493. The summed E-state index contributed by atoms with van der Waals surface area (Å²) in [5.41, 5.74) is 4.48. The first kappa shape index (κ1) is 20.2. The molecule has 0 unspecified atom stereocenters. The average Bonchev–Trinajstić information content (AvgIpc) is 3.46. The number of hydrogen-bond donors (Lipinski definition) is 1. The van der Waals surface area contributed by atoms with E-state index in [0.717, 1.165) is 21.7 Å². The zero-order valence-corrected chi connectivity index (χ0v) is 17.4. The van der Waals surface area contributed by atoms with Crippen LogP contribution in [0, 0.1) is 17.0 Å². The molecule has 33 heavy (non-hydrogen) atoms. The Morgan fingerprint density at radius 1 is 1.00 bits per heavy atom. The van der Waals surface area contributed by atoms with Crippen LogP contribution >= 0.6 is 0 Å². The van der Waals surface area contributed by atoms with Crippen LogP contribution in [0.4, 0.5) is 5.69 Å². The van der Waals surface area contributed by atoms with Gasteiger partial charge in [0.15, 0.2) is 5.76 Å². The summed E-state index contributed by atoms with van der Waals surface area (Å²) in [6.45, 7) is 1.84. The van der Waals surface area contributed by atoms with Gasteiger partial charge in [0.2, 0.25) is 0 Å². The van der Waals surface area contributed by atoms with E-state index < -0.39 is 10.8 Å². The Morgan fingerprint density at radius 3 is 2.70 bits per heavy atom. The van der Waals surface area contributed by atoms with Crippen LogP contribution in [-0.4, -0.2) is 17.0 Å². The van der Waals surface area contributed by atoms with Crippen LogP contribution in [0.25, 0.3) is 33.1 Å². The van der Waals surface area contributed by atoms with Crippen LogP contribution < -0.4 is 5.43 Å². The molecule has 0 radical (unpaired) electrons. The number of rotatable bonds is 5. The van der Waals surface area contributed by atoms with Crippen molar-refractivity contribution in [1.82, 2.24) is 5.43 Å². The van der Waals surface area contributed by atoms with Crippen LogP contribution in [0.3, 0.4) is 0 Å². The van der Waals surface area contributed by atoms with Gasteiger partial charge in [-0.2, -0.15) is 5.10 Å². The maximum atomic E-state index is 12.5. The topological polar surface area (TPSA) is 111 Å². The number of furan rings is 2. The van der Waals surface area contributed by atoms with Crippen molar-refractivity contribution in [1.29, 1.82) is 0 Å². The second-order valence-corrected chi connectivity index (χ2v) is 7.47. The van der Waals surface area contributed by atoms with Gasteiger partial charge in [0.25, 0.3) is 5.69 Å². The molecule has 5 aromatic rings. The Bertz CT molecular complexity index is 1560. The number of amides is 1. The Hall–Kier alpha value is -4.72. The molecule has 0 aliphatic rings. The Kier molecular flexibility index (Phi) is 4.95. The molecule has 0 bridgehead atoms. The monoisotopic (exact) mass is 439 g/mol. The van der Waals surface area contributed by atoms with Gasteiger partial charge < -0.3 is 8.83 Å². The third-order valence-electron chi connectivity index (χ3n) is 5.33. The summed E-state index contributed by atoms with van der Waals surface area (Å²) < 4.78 is 11.4. The number of non-ortho nitro benzene ring substituents is 1. The summed E-state index contributed by atoms with van der Waals surface area (Å²) in [5, 5.41) is 17.9. The van der Waals surface area contributed by atoms with Crippen molar-refractivity contribution in [3.8, 4) is 11.3 Å². The molecule has 0 saturated carbocycles. The Labute approximate surface area is 187 Å². The molecule has 0 aliphatic carbocycles. The number of hydrogen-bond acceptors (Lipinski definition) is 6. The van der Waals surface area contributed by atoms with Gasteiger partial charge >= 0.3 is 5.91 Å². The van der Waals surface area contributed by atoms with Gasteiger partial charge in [-0.1, -0.05) is 36.4 Å². The Balaban J connectivity index is 1.33. The first-order chi connectivity index (χ1) is 16.0. The normalized spacial score (nSPS) is 11.4. The lowest BCUT2D eigenvalue weighted by Crippen LogP contribution is -2.16. The average molecular weight is 439 g/mol. The number of hydrazone groups is 1. The Morgan fingerprint density at radius 2 is 1.85 bits per heavy atom.